The Morgan fingerprint density at radius 1 is 0.949 bits per heavy atom. The van der Waals surface area contributed by atoms with Crippen molar-refractivity contribution >= 4 is 29.0 Å². The quantitative estimate of drug-likeness (QED) is 0.383. The van der Waals surface area contributed by atoms with Crippen molar-refractivity contribution in [2.75, 3.05) is 26.6 Å². The van der Waals surface area contributed by atoms with Crippen molar-refractivity contribution in [3.05, 3.63) is 115 Å². The van der Waals surface area contributed by atoms with Gasteiger partial charge in [-0.1, -0.05) is 47.7 Å². The average Bonchev–Trinajstić information content (AvgIpc) is 3.26. The lowest BCUT2D eigenvalue weighted by Crippen LogP contribution is -2.40. The summed E-state index contributed by atoms with van der Waals surface area (Å²) in [6.07, 6.45) is 1.79. The van der Waals surface area contributed by atoms with Gasteiger partial charge in [0.2, 0.25) is 0 Å². The minimum Gasteiger partial charge on any atom is -0.497 e. The van der Waals surface area contributed by atoms with Crippen molar-refractivity contribution in [1.29, 1.82) is 0 Å². The monoisotopic (exact) mass is 541 g/mol. The molecule has 1 N–H and O–H groups in total. The number of ether oxygens (including phenoxy) is 3. The first-order chi connectivity index (χ1) is 18.9. The van der Waals surface area contributed by atoms with Crippen molar-refractivity contribution in [3.8, 4) is 17.2 Å². The largest absolute Gasteiger partial charge is 0.497 e. The summed E-state index contributed by atoms with van der Waals surface area (Å²) in [5.74, 6) is 1.51. The van der Waals surface area contributed by atoms with E-state index in [2.05, 4.69) is 5.32 Å². The van der Waals surface area contributed by atoms with Crippen molar-refractivity contribution in [2.24, 2.45) is 4.99 Å². The standard InChI is InChI=1S/C30H27N3O5S/c1-18-26(28(34)32-21-8-6-5-7-9-21)27(20-11-13-22(36-2)14-12-20)33-29(35)25(39-30(33)31-18)17-19-10-15-23(37-3)24(16-19)38-4/h5-17,27H,1-4H3,(H,32,34)/b25-17+/t27-/m0/s1. The Bertz CT molecular complexity index is 1740. The van der Waals surface area contributed by atoms with Crippen LogP contribution < -0.4 is 34.4 Å². The second-order valence-electron chi connectivity index (χ2n) is 8.79. The number of amides is 1. The molecule has 2 heterocycles. The Hall–Kier alpha value is -4.63. The number of carbonyl (C=O) groups is 1. The summed E-state index contributed by atoms with van der Waals surface area (Å²) in [5.41, 5.74) is 2.89. The highest BCUT2D eigenvalue weighted by Gasteiger charge is 2.32. The fourth-order valence-corrected chi connectivity index (χ4v) is 5.57. The highest BCUT2D eigenvalue weighted by atomic mass is 32.1. The normalized spacial score (nSPS) is 14.9. The van der Waals surface area contributed by atoms with Crippen LogP contribution in [0.3, 0.4) is 0 Å². The lowest BCUT2D eigenvalue weighted by atomic mass is 9.95. The van der Waals surface area contributed by atoms with Crippen LogP contribution in [0.4, 0.5) is 5.69 Å². The van der Waals surface area contributed by atoms with Gasteiger partial charge in [0.1, 0.15) is 5.75 Å². The van der Waals surface area contributed by atoms with Gasteiger partial charge >= 0.3 is 0 Å². The molecule has 0 fully saturated rings. The molecule has 4 aromatic rings. The second-order valence-corrected chi connectivity index (χ2v) is 9.80. The number of nitrogens with zero attached hydrogens (tertiary/aromatic N) is 2. The van der Waals surface area contributed by atoms with Crippen LogP contribution in [-0.2, 0) is 4.79 Å². The Balaban J connectivity index is 1.66. The number of hydrogen-bond acceptors (Lipinski definition) is 7. The van der Waals surface area contributed by atoms with Gasteiger partial charge in [-0.25, -0.2) is 4.99 Å². The topological polar surface area (TPSA) is 91.2 Å². The smallest absolute Gasteiger partial charge is 0.271 e. The molecule has 9 heteroatoms. The predicted octanol–water partition coefficient (Wildman–Crippen LogP) is 3.90. The number of anilines is 1. The van der Waals surface area contributed by atoms with Crippen molar-refractivity contribution in [2.45, 2.75) is 13.0 Å². The molecule has 0 aliphatic carbocycles. The molecular formula is C30H27N3O5S. The molecule has 198 valence electrons. The zero-order valence-electron chi connectivity index (χ0n) is 21.9. The highest BCUT2D eigenvalue weighted by Crippen LogP contribution is 2.32. The minimum absolute atomic E-state index is 0.244. The molecule has 1 aromatic heterocycles. The van der Waals surface area contributed by atoms with Gasteiger partial charge in [-0.3, -0.25) is 14.2 Å². The van der Waals surface area contributed by atoms with Gasteiger partial charge in [0.25, 0.3) is 11.5 Å². The Labute approximate surface area is 229 Å². The summed E-state index contributed by atoms with van der Waals surface area (Å²) in [6, 6.07) is 21.3. The zero-order chi connectivity index (χ0) is 27.5. The molecule has 1 amide bonds. The third kappa shape index (κ3) is 5.08. The fraction of sp³-hybridized carbons (Fsp3) is 0.167. The predicted molar refractivity (Wildman–Crippen MR) is 151 cm³/mol. The Morgan fingerprint density at radius 2 is 1.67 bits per heavy atom. The number of thiazole rings is 1. The van der Waals surface area contributed by atoms with Crippen molar-refractivity contribution < 1.29 is 19.0 Å². The number of aromatic nitrogens is 1. The van der Waals surface area contributed by atoms with Crippen molar-refractivity contribution in [1.82, 2.24) is 4.57 Å². The van der Waals surface area contributed by atoms with Gasteiger partial charge in [0, 0.05) is 5.69 Å². The number of hydrogen-bond donors (Lipinski definition) is 1. The molecular weight excluding hydrogens is 514 g/mol. The van der Waals surface area contributed by atoms with E-state index in [4.69, 9.17) is 19.2 Å². The van der Waals surface area contributed by atoms with E-state index in [1.165, 1.54) is 11.3 Å². The summed E-state index contributed by atoms with van der Waals surface area (Å²) in [6.45, 7) is 1.79. The summed E-state index contributed by atoms with van der Waals surface area (Å²) in [4.78, 5) is 32.7. The van der Waals surface area contributed by atoms with Gasteiger partial charge in [0.15, 0.2) is 16.3 Å². The summed E-state index contributed by atoms with van der Waals surface area (Å²) in [7, 11) is 4.73. The van der Waals surface area contributed by atoms with Gasteiger partial charge < -0.3 is 19.5 Å². The highest BCUT2D eigenvalue weighted by molar-refractivity contribution is 7.07. The molecule has 0 bridgehead atoms. The van der Waals surface area contributed by atoms with E-state index in [0.29, 0.717) is 43.5 Å². The summed E-state index contributed by atoms with van der Waals surface area (Å²) >= 11 is 1.27. The maximum Gasteiger partial charge on any atom is 0.271 e. The first kappa shape index (κ1) is 26.0. The van der Waals surface area contributed by atoms with Crippen LogP contribution in [0.1, 0.15) is 24.1 Å². The number of fused-ring (bicyclic) bond motifs is 1. The van der Waals surface area contributed by atoms with Crippen LogP contribution in [-0.4, -0.2) is 31.8 Å². The van der Waals surface area contributed by atoms with Gasteiger partial charge in [-0.15, -0.1) is 0 Å². The molecule has 0 saturated carbocycles. The van der Waals surface area contributed by atoms with E-state index < -0.39 is 6.04 Å². The third-order valence-electron chi connectivity index (χ3n) is 6.43. The number of para-hydroxylation sites is 1. The lowest BCUT2D eigenvalue weighted by molar-refractivity contribution is -0.113. The Kier molecular flexibility index (Phi) is 7.33. The first-order valence-electron chi connectivity index (χ1n) is 12.2. The number of allylic oxidation sites excluding steroid dienone is 1. The average molecular weight is 542 g/mol. The maximum absolute atomic E-state index is 13.9. The van der Waals surface area contributed by atoms with Gasteiger partial charge in [0.05, 0.1) is 43.2 Å². The van der Waals surface area contributed by atoms with Crippen LogP contribution in [0.15, 0.2) is 93.9 Å². The van der Waals surface area contributed by atoms with Crippen molar-refractivity contribution in [3.63, 3.8) is 0 Å². The molecule has 0 unspecified atom stereocenters. The van der Waals surface area contributed by atoms with E-state index in [9.17, 15) is 9.59 Å². The van der Waals surface area contributed by atoms with E-state index in [-0.39, 0.29) is 11.5 Å². The van der Waals surface area contributed by atoms with Gasteiger partial charge in [-0.05, 0) is 60.5 Å². The second kappa shape index (κ2) is 11.0. The molecule has 3 aromatic carbocycles. The number of carbonyl (C=O) groups excluding carboxylic acids is 1. The number of nitrogens with one attached hydrogen (secondary N) is 1. The molecule has 39 heavy (non-hydrogen) atoms. The van der Waals surface area contributed by atoms with Crippen LogP contribution in [0, 0.1) is 0 Å². The van der Waals surface area contributed by atoms with E-state index in [0.717, 1.165) is 11.1 Å². The summed E-state index contributed by atoms with van der Waals surface area (Å²) < 4.78 is 18.2. The number of rotatable bonds is 7. The van der Waals surface area contributed by atoms with Crippen LogP contribution in [0.25, 0.3) is 6.08 Å². The molecule has 1 aliphatic heterocycles. The molecule has 1 aliphatic rings. The number of methoxy groups -OCH3 is 3. The fourth-order valence-electron chi connectivity index (χ4n) is 4.53. The van der Waals surface area contributed by atoms with E-state index in [1.807, 2.05) is 66.7 Å². The molecule has 8 nitrogen and oxygen atoms in total. The third-order valence-corrected chi connectivity index (χ3v) is 7.42. The van der Waals surface area contributed by atoms with E-state index in [1.54, 1.807) is 45.0 Å². The first-order valence-corrected chi connectivity index (χ1v) is 13.0. The SMILES string of the molecule is COc1ccc([C@H]2C(C(=O)Nc3ccccc3)=C(C)N=c3s/c(=C/c4ccc(OC)c(OC)c4)c(=O)n32)cc1. The minimum atomic E-state index is -0.677. The molecule has 5 rings (SSSR count). The summed E-state index contributed by atoms with van der Waals surface area (Å²) in [5, 5.41) is 2.96. The maximum atomic E-state index is 13.9. The Morgan fingerprint density at radius 3 is 2.33 bits per heavy atom. The zero-order valence-corrected chi connectivity index (χ0v) is 22.7. The van der Waals surface area contributed by atoms with Crippen LogP contribution >= 0.6 is 11.3 Å². The van der Waals surface area contributed by atoms with E-state index >= 15 is 0 Å². The van der Waals surface area contributed by atoms with Gasteiger partial charge in [-0.2, -0.15) is 0 Å². The molecule has 0 radical (unpaired) electrons. The molecule has 1 atom stereocenters. The van der Waals surface area contributed by atoms with Crippen LogP contribution in [0.5, 0.6) is 17.2 Å². The molecule has 0 spiro atoms. The lowest BCUT2D eigenvalue weighted by Gasteiger charge is -2.25. The van der Waals surface area contributed by atoms with Crippen LogP contribution in [0.2, 0.25) is 0 Å². The number of benzene rings is 3. The molecule has 0 saturated heterocycles.